The van der Waals surface area contributed by atoms with Crippen molar-refractivity contribution in [3.8, 4) is 0 Å². The van der Waals surface area contributed by atoms with E-state index in [4.69, 9.17) is 15.3 Å². The second-order valence-corrected chi connectivity index (χ2v) is 2.62. The maximum Gasteiger partial charge on any atom is 0.404 e. The van der Waals surface area contributed by atoms with E-state index in [1.165, 1.54) is 13.8 Å². The Morgan fingerprint density at radius 3 is 1.86 bits per heavy atom. The summed E-state index contributed by atoms with van der Waals surface area (Å²) in [7, 11) is 0. The number of rotatable bonds is 3. The molecule has 82 valence electrons. The predicted octanol–water partition coefficient (Wildman–Crippen LogP) is 0.282. The summed E-state index contributed by atoms with van der Waals surface area (Å²) in [5, 5.41) is 26.3. The number of aliphatic hydroxyl groups is 1. The van der Waals surface area contributed by atoms with Gasteiger partial charge in [0.2, 0.25) is 0 Å². The molecule has 1 amide bonds. The lowest BCUT2D eigenvalue weighted by Gasteiger charge is -2.00. The summed E-state index contributed by atoms with van der Waals surface area (Å²) in [4.78, 5) is 19.3. The Morgan fingerprint density at radius 2 is 1.79 bits per heavy atom. The van der Waals surface area contributed by atoms with Crippen LogP contribution >= 0.6 is 0 Å². The number of carboxylic acids is 1. The molecule has 0 bridgehead atoms. The number of hydrogen-bond acceptors (Lipinski definition) is 3. The van der Waals surface area contributed by atoms with Crippen molar-refractivity contribution in [3.05, 3.63) is 12.2 Å². The molecule has 0 radical (unpaired) electrons. The van der Waals surface area contributed by atoms with Crippen molar-refractivity contribution < 1.29 is 24.9 Å². The van der Waals surface area contributed by atoms with Crippen molar-refractivity contribution in [2.75, 3.05) is 6.54 Å². The number of aliphatic carboxylic acids is 1. The summed E-state index contributed by atoms with van der Waals surface area (Å²) in [6.45, 7) is 6.20. The van der Waals surface area contributed by atoms with E-state index in [9.17, 15) is 9.59 Å². The standard InChI is InChI=1S/C4H9NO3.C4H6O2/c1-3(6)2-5-4(7)8;1-3(2)4(5)6/h3,5-6H,2H2,1H3,(H,7,8);1H2,2H3,(H,5,6). The van der Waals surface area contributed by atoms with Crippen LogP contribution in [0.2, 0.25) is 0 Å². The third-order valence-electron chi connectivity index (χ3n) is 0.914. The monoisotopic (exact) mass is 205 g/mol. The van der Waals surface area contributed by atoms with Crippen LogP contribution in [0.3, 0.4) is 0 Å². The highest BCUT2D eigenvalue weighted by molar-refractivity contribution is 5.84. The van der Waals surface area contributed by atoms with Crippen LogP contribution in [0.25, 0.3) is 0 Å². The first-order valence-electron chi connectivity index (χ1n) is 3.81. The maximum atomic E-state index is 9.68. The molecule has 1 atom stereocenters. The van der Waals surface area contributed by atoms with Crippen LogP contribution < -0.4 is 5.32 Å². The van der Waals surface area contributed by atoms with E-state index in [0.29, 0.717) is 0 Å². The van der Waals surface area contributed by atoms with Crippen LogP contribution in [0.4, 0.5) is 4.79 Å². The average Bonchev–Trinajstić information content (AvgIpc) is 2.01. The van der Waals surface area contributed by atoms with Crippen molar-refractivity contribution in [1.29, 1.82) is 0 Å². The summed E-state index contributed by atoms with van der Waals surface area (Å²) in [6.07, 6.45) is -1.71. The topological polar surface area (TPSA) is 107 Å². The summed E-state index contributed by atoms with van der Waals surface area (Å²) >= 11 is 0. The Bertz CT molecular complexity index is 200. The first kappa shape index (κ1) is 14.9. The van der Waals surface area contributed by atoms with Gasteiger partial charge < -0.3 is 20.6 Å². The Kier molecular flexibility index (Phi) is 8.60. The zero-order chi connectivity index (χ0) is 11.7. The summed E-state index contributed by atoms with van der Waals surface area (Å²) in [5.74, 6) is -0.935. The van der Waals surface area contributed by atoms with Crippen molar-refractivity contribution in [3.63, 3.8) is 0 Å². The highest BCUT2D eigenvalue weighted by Crippen LogP contribution is 1.81. The number of carbonyl (C=O) groups is 2. The first-order chi connectivity index (χ1) is 6.27. The van der Waals surface area contributed by atoms with Gasteiger partial charge in [0.25, 0.3) is 0 Å². The van der Waals surface area contributed by atoms with Crippen LogP contribution in [-0.2, 0) is 4.79 Å². The van der Waals surface area contributed by atoms with Gasteiger partial charge in [0.05, 0.1) is 6.10 Å². The maximum absolute atomic E-state index is 9.68. The molecule has 6 heteroatoms. The molecule has 0 aromatic carbocycles. The van der Waals surface area contributed by atoms with Gasteiger partial charge in [-0.1, -0.05) is 6.58 Å². The summed E-state index contributed by atoms with van der Waals surface area (Å²) in [6, 6.07) is 0. The molecule has 0 aromatic rings. The molecule has 4 N–H and O–H groups in total. The molecule has 0 aliphatic rings. The largest absolute Gasteiger partial charge is 0.478 e. The molecule has 14 heavy (non-hydrogen) atoms. The van der Waals surface area contributed by atoms with E-state index < -0.39 is 18.2 Å². The summed E-state index contributed by atoms with van der Waals surface area (Å²) in [5.41, 5.74) is 0.176. The quantitative estimate of drug-likeness (QED) is 0.495. The predicted molar refractivity (Wildman–Crippen MR) is 50.2 cm³/mol. The fourth-order valence-electron chi connectivity index (χ4n) is 0.235. The second-order valence-electron chi connectivity index (χ2n) is 2.62. The van der Waals surface area contributed by atoms with E-state index in [1.54, 1.807) is 0 Å². The van der Waals surface area contributed by atoms with Gasteiger partial charge in [-0.3, -0.25) is 0 Å². The zero-order valence-corrected chi connectivity index (χ0v) is 8.15. The molecular formula is C8H15NO5. The van der Waals surface area contributed by atoms with Crippen LogP contribution in [0.1, 0.15) is 13.8 Å². The number of aliphatic hydroxyl groups excluding tert-OH is 1. The van der Waals surface area contributed by atoms with Crippen LogP contribution in [0.15, 0.2) is 12.2 Å². The molecule has 0 heterocycles. The lowest BCUT2D eigenvalue weighted by atomic mass is 10.4. The molecule has 6 nitrogen and oxygen atoms in total. The van der Waals surface area contributed by atoms with Gasteiger partial charge in [-0.15, -0.1) is 0 Å². The molecule has 0 aliphatic heterocycles. The summed E-state index contributed by atoms with van der Waals surface area (Å²) < 4.78 is 0. The van der Waals surface area contributed by atoms with Crippen molar-refractivity contribution in [1.82, 2.24) is 5.32 Å². The lowest BCUT2D eigenvalue weighted by Crippen LogP contribution is -2.28. The van der Waals surface area contributed by atoms with Crippen LogP contribution in [0.5, 0.6) is 0 Å². The SMILES string of the molecule is C=C(C)C(=O)O.CC(O)CNC(=O)O. The van der Waals surface area contributed by atoms with Gasteiger partial charge in [0.15, 0.2) is 0 Å². The minimum absolute atomic E-state index is 0.0926. The number of nitrogens with one attached hydrogen (secondary N) is 1. The minimum atomic E-state index is -1.11. The van der Waals surface area contributed by atoms with Gasteiger partial charge >= 0.3 is 12.1 Å². The lowest BCUT2D eigenvalue weighted by molar-refractivity contribution is -0.132. The highest BCUT2D eigenvalue weighted by Gasteiger charge is 1.96. The van der Waals surface area contributed by atoms with Crippen molar-refractivity contribution in [2.45, 2.75) is 20.0 Å². The van der Waals surface area contributed by atoms with Gasteiger partial charge in [0, 0.05) is 12.1 Å². The van der Waals surface area contributed by atoms with E-state index >= 15 is 0 Å². The molecule has 0 saturated carbocycles. The Hall–Kier alpha value is -1.56. The van der Waals surface area contributed by atoms with Crippen molar-refractivity contribution >= 4 is 12.1 Å². The van der Waals surface area contributed by atoms with Gasteiger partial charge in [-0.25, -0.2) is 9.59 Å². The second kappa shape index (κ2) is 8.06. The fraction of sp³-hybridized carbons (Fsp3) is 0.500. The van der Waals surface area contributed by atoms with Gasteiger partial charge in [-0.2, -0.15) is 0 Å². The smallest absolute Gasteiger partial charge is 0.404 e. The zero-order valence-electron chi connectivity index (χ0n) is 8.15. The Labute approximate surface area is 81.9 Å². The molecular weight excluding hydrogens is 190 g/mol. The van der Waals surface area contributed by atoms with Crippen LogP contribution in [-0.4, -0.2) is 40.0 Å². The van der Waals surface area contributed by atoms with E-state index in [2.05, 4.69) is 6.58 Å². The first-order valence-corrected chi connectivity index (χ1v) is 3.81. The molecule has 1 unspecified atom stereocenters. The number of hydrogen-bond donors (Lipinski definition) is 4. The van der Waals surface area contributed by atoms with Crippen LogP contribution in [0, 0.1) is 0 Å². The molecule has 0 saturated heterocycles. The molecule has 0 fully saturated rings. The highest BCUT2D eigenvalue weighted by atomic mass is 16.4. The number of amides is 1. The Balaban J connectivity index is 0. The van der Waals surface area contributed by atoms with E-state index in [0.717, 1.165) is 0 Å². The minimum Gasteiger partial charge on any atom is -0.478 e. The Morgan fingerprint density at radius 1 is 1.43 bits per heavy atom. The van der Waals surface area contributed by atoms with Crippen molar-refractivity contribution in [2.24, 2.45) is 0 Å². The normalized spacial score (nSPS) is 10.5. The average molecular weight is 205 g/mol. The fourth-order valence-corrected chi connectivity index (χ4v) is 0.235. The molecule has 0 aliphatic carbocycles. The number of carboxylic acid groups (broad SMARTS) is 2. The third kappa shape index (κ3) is 16.8. The van der Waals surface area contributed by atoms with Gasteiger partial charge in [0.1, 0.15) is 0 Å². The molecule has 0 aromatic heterocycles. The molecule has 0 rings (SSSR count). The van der Waals surface area contributed by atoms with Gasteiger partial charge in [-0.05, 0) is 13.8 Å². The van der Waals surface area contributed by atoms with E-state index in [1.807, 2.05) is 5.32 Å². The van der Waals surface area contributed by atoms with E-state index in [-0.39, 0.29) is 12.1 Å². The molecule has 0 spiro atoms. The third-order valence-corrected chi connectivity index (χ3v) is 0.914.